The molecule has 0 N–H and O–H groups in total. The molecule has 4 heteroatoms. The van der Waals surface area contributed by atoms with Crippen LogP contribution in [-0.4, -0.2) is 8.42 Å². The zero-order valence-electron chi connectivity index (χ0n) is 5.24. The van der Waals surface area contributed by atoms with Gasteiger partial charge in [-0.1, -0.05) is 13.3 Å². The van der Waals surface area contributed by atoms with E-state index in [4.69, 9.17) is 0 Å². The molecule has 0 atom stereocenters. The van der Waals surface area contributed by atoms with Crippen LogP contribution in [0.25, 0.3) is 0 Å². The molecule has 0 fully saturated rings. The first-order chi connectivity index (χ1) is 4.27. The molecule has 0 unspecified atom stereocenters. The van der Waals surface area contributed by atoms with Crippen molar-refractivity contribution in [3.63, 3.8) is 0 Å². The quantitative estimate of drug-likeness (QED) is 0.477. The second kappa shape index (κ2) is 5.62. The summed E-state index contributed by atoms with van der Waals surface area (Å²) in [6, 6.07) is 0. The van der Waals surface area contributed by atoms with Crippen molar-refractivity contribution in [2.45, 2.75) is 19.8 Å². The fourth-order valence-electron chi connectivity index (χ4n) is 0.327. The minimum atomic E-state index is -2.70. The molecule has 0 aliphatic carbocycles. The van der Waals surface area contributed by atoms with Crippen molar-refractivity contribution in [1.29, 1.82) is 0 Å². The second-order valence-corrected chi connectivity index (χ2v) is 2.15. The van der Waals surface area contributed by atoms with E-state index in [-0.39, 0.29) is 0 Å². The third-order valence-electron chi connectivity index (χ3n) is 0.698. The van der Waals surface area contributed by atoms with Crippen molar-refractivity contribution < 1.29 is 12.6 Å². The lowest BCUT2D eigenvalue weighted by atomic mass is 10.3. The smallest absolute Gasteiger partial charge is 0.298 e. The van der Waals surface area contributed by atoms with Gasteiger partial charge >= 0.3 is 0 Å². The second-order valence-electron chi connectivity index (χ2n) is 1.49. The van der Waals surface area contributed by atoms with Crippen LogP contribution in [0.15, 0.2) is 12.3 Å². The first-order valence-electron chi connectivity index (χ1n) is 2.73. The van der Waals surface area contributed by atoms with Crippen LogP contribution in [-0.2, 0) is 15.2 Å². The Morgan fingerprint density at radius 3 is 2.67 bits per heavy atom. The number of allylic oxidation sites excluding steroid dienone is 1. The maximum Gasteiger partial charge on any atom is 0.298 e. The predicted octanol–water partition coefficient (Wildman–Crippen LogP) is 0.843. The summed E-state index contributed by atoms with van der Waals surface area (Å²) in [5.41, 5.74) is 0. The molecule has 0 bridgehead atoms. The molecule has 0 aliphatic heterocycles. The van der Waals surface area contributed by atoms with E-state index >= 15 is 0 Å². The number of hydrogen-bond donors (Lipinski definition) is 1. The minimum absolute atomic E-state index is 0.850. The molecule has 0 radical (unpaired) electrons. The maximum atomic E-state index is 9.73. The Bertz CT molecular complexity index is 140. The van der Waals surface area contributed by atoms with E-state index in [0.717, 1.165) is 12.8 Å². The van der Waals surface area contributed by atoms with Gasteiger partial charge in [0.2, 0.25) is 0 Å². The van der Waals surface area contributed by atoms with Gasteiger partial charge in [-0.3, -0.25) is 0 Å². The molecule has 0 spiro atoms. The van der Waals surface area contributed by atoms with Crippen LogP contribution >= 0.6 is 0 Å². The fraction of sp³-hybridized carbons (Fsp3) is 0.600. The van der Waals surface area contributed by atoms with Gasteiger partial charge in [0.25, 0.3) is 11.0 Å². The van der Waals surface area contributed by atoms with Gasteiger partial charge in [0.15, 0.2) is 0 Å². The highest BCUT2D eigenvalue weighted by Crippen LogP contribution is 1.88. The molecule has 0 amide bonds. The maximum absolute atomic E-state index is 9.73. The molecule has 0 saturated carbocycles. The minimum Gasteiger partial charge on any atom is -0.393 e. The summed E-state index contributed by atoms with van der Waals surface area (Å²) >= 11 is 0. The molecular formula is C5H10O3S. The molecule has 0 rings (SSSR count). The molecule has 3 nitrogen and oxygen atoms in total. The highest BCUT2D eigenvalue weighted by Gasteiger charge is 1.74. The van der Waals surface area contributed by atoms with E-state index in [1.54, 1.807) is 6.08 Å². The van der Waals surface area contributed by atoms with E-state index in [1.807, 2.05) is 6.92 Å². The third kappa shape index (κ3) is 7.49. The van der Waals surface area contributed by atoms with E-state index in [9.17, 15) is 8.42 Å². The monoisotopic (exact) mass is 150 g/mol. The van der Waals surface area contributed by atoms with Gasteiger partial charge in [-0.2, -0.15) is 8.42 Å². The normalized spacial score (nSPS) is 10.9. The van der Waals surface area contributed by atoms with Gasteiger partial charge in [0.05, 0.1) is 0 Å². The van der Waals surface area contributed by atoms with Gasteiger partial charge in [-0.15, -0.1) is 0 Å². The summed E-state index contributed by atoms with van der Waals surface area (Å²) in [5.74, 6) is 0. The van der Waals surface area contributed by atoms with Gasteiger partial charge in [-0.05, 0) is 12.5 Å². The Kier molecular flexibility index (Phi) is 5.30. The van der Waals surface area contributed by atoms with Crippen molar-refractivity contribution in [3.05, 3.63) is 12.3 Å². The SMILES string of the molecule is CCCC=CO[SH](=O)=O. The van der Waals surface area contributed by atoms with Crippen molar-refractivity contribution in [2.75, 3.05) is 0 Å². The molecule has 0 aromatic carbocycles. The highest BCUT2D eigenvalue weighted by atomic mass is 32.2. The molecular weight excluding hydrogens is 140 g/mol. The molecule has 0 saturated heterocycles. The first-order valence-corrected chi connectivity index (χ1v) is 3.83. The standard InChI is InChI=1S/C5H10O3S/c1-2-3-4-5-8-9(6)7/h4-5,9H,2-3H2,1H3. The number of thiol groups is 1. The average Bonchev–Trinajstić information content (AvgIpc) is 1.80. The topological polar surface area (TPSA) is 43.4 Å². The average molecular weight is 150 g/mol. The van der Waals surface area contributed by atoms with E-state index < -0.39 is 11.0 Å². The summed E-state index contributed by atoms with van der Waals surface area (Å²) in [5, 5.41) is 0. The van der Waals surface area contributed by atoms with Crippen LogP contribution in [0.4, 0.5) is 0 Å². The summed E-state index contributed by atoms with van der Waals surface area (Å²) in [6.07, 6.45) is 4.71. The number of unbranched alkanes of at least 4 members (excludes halogenated alkanes) is 1. The van der Waals surface area contributed by atoms with E-state index in [0.29, 0.717) is 0 Å². The lowest BCUT2D eigenvalue weighted by Crippen LogP contribution is -1.74. The van der Waals surface area contributed by atoms with Crippen LogP contribution in [0.2, 0.25) is 0 Å². The summed E-state index contributed by atoms with van der Waals surface area (Å²) in [4.78, 5) is 0. The molecule has 0 aromatic heterocycles. The van der Waals surface area contributed by atoms with Crippen LogP contribution in [0.5, 0.6) is 0 Å². The number of hydrogen-bond acceptors (Lipinski definition) is 3. The Hall–Kier alpha value is -0.510. The van der Waals surface area contributed by atoms with E-state index in [2.05, 4.69) is 4.18 Å². The molecule has 0 heterocycles. The van der Waals surface area contributed by atoms with Crippen LogP contribution in [0.3, 0.4) is 0 Å². The van der Waals surface area contributed by atoms with Gasteiger partial charge in [0, 0.05) is 0 Å². The Balaban J connectivity index is 3.25. The van der Waals surface area contributed by atoms with Crippen LogP contribution in [0.1, 0.15) is 19.8 Å². The fourth-order valence-corrected chi connectivity index (χ4v) is 0.513. The zero-order valence-corrected chi connectivity index (χ0v) is 6.14. The predicted molar refractivity (Wildman–Crippen MR) is 35.4 cm³/mol. The number of rotatable bonds is 4. The van der Waals surface area contributed by atoms with E-state index in [1.165, 1.54) is 6.26 Å². The molecule has 0 aromatic rings. The lowest BCUT2D eigenvalue weighted by molar-refractivity contribution is 0.465. The Morgan fingerprint density at radius 2 is 2.22 bits per heavy atom. The van der Waals surface area contributed by atoms with Crippen molar-refractivity contribution in [2.24, 2.45) is 0 Å². The van der Waals surface area contributed by atoms with Gasteiger partial charge in [0.1, 0.15) is 6.26 Å². The molecule has 0 aliphatic rings. The van der Waals surface area contributed by atoms with Crippen LogP contribution < -0.4 is 0 Å². The van der Waals surface area contributed by atoms with Gasteiger partial charge in [-0.25, -0.2) is 0 Å². The molecule has 54 valence electrons. The van der Waals surface area contributed by atoms with Crippen molar-refractivity contribution in [1.82, 2.24) is 0 Å². The highest BCUT2D eigenvalue weighted by molar-refractivity contribution is 7.67. The lowest BCUT2D eigenvalue weighted by Gasteiger charge is -1.83. The van der Waals surface area contributed by atoms with Gasteiger partial charge < -0.3 is 4.18 Å². The van der Waals surface area contributed by atoms with Crippen molar-refractivity contribution >= 4 is 11.0 Å². The molecule has 9 heavy (non-hydrogen) atoms. The zero-order chi connectivity index (χ0) is 7.11. The Labute approximate surface area is 56.5 Å². The van der Waals surface area contributed by atoms with Crippen LogP contribution in [0, 0.1) is 0 Å². The first kappa shape index (κ1) is 8.49. The van der Waals surface area contributed by atoms with Crippen molar-refractivity contribution in [3.8, 4) is 0 Å². The summed E-state index contributed by atoms with van der Waals surface area (Å²) in [7, 11) is -2.70. The summed E-state index contributed by atoms with van der Waals surface area (Å²) < 4.78 is 23.6. The largest absolute Gasteiger partial charge is 0.393 e. The Morgan fingerprint density at radius 1 is 1.56 bits per heavy atom. The third-order valence-corrected chi connectivity index (χ3v) is 0.992. The summed E-state index contributed by atoms with van der Waals surface area (Å²) in [6.45, 7) is 2.00.